The number of hydrogen-bond donors (Lipinski definition) is 2. The molecule has 0 saturated heterocycles. The van der Waals surface area contributed by atoms with Crippen LogP contribution in [0.2, 0.25) is 0 Å². The molecule has 1 atom stereocenters. The minimum absolute atomic E-state index is 0.259. The van der Waals surface area contributed by atoms with Gasteiger partial charge in [0.1, 0.15) is 0 Å². The van der Waals surface area contributed by atoms with Crippen molar-refractivity contribution in [1.29, 1.82) is 0 Å². The molecular formula is C12H18N2O3. The lowest BCUT2D eigenvalue weighted by atomic mass is 10.1. The summed E-state index contributed by atoms with van der Waals surface area (Å²) >= 11 is 0. The van der Waals surface area contributed by atoms with Gasteiger partial charge in [-0.2, -0.15) is 0 Å². The number of methoxy groups -OCH3 is 1. The van der Waals surface area contributed by atoms with Crippen LogP contribution in [0, 0.1) is 0 Å². The van der Waals surface area contributed by atoms with Crippen molar-refractivity contribution < 1.29 is 14.3 Å². The maximum Gasteiger partial charge on any atom is 0.207 e. The number of nitrogens with two attached hydrogens (primary N) is 1. The van der Waals surface area contributed by atoms with Crippen LogP contribution in [0.5, 0.6) is 11.5 Å². The van der Waals surface area contributed by atoms with E-state index in [9.17, 15) is 4.79 Å². The Morgan fingerprint density at radius 3 is 2.82 bits per heavy atom. The third kappa shape index (κ3) is 3.64. The van der Waals surface area contributed by atoms with E-state index in [1.807, 2.05) is 19.1 Å². The van der Waals surface area contributed by atoms with E-state index in [0.717, 1.165) is 5.56 Å². The number of carbonyl (C=O) groups is 1. The number of nitrogens with one attached hydrogen (secondary N) is 1. The van der Waals surface area contributed by atoms with E-state index in [-0.39, 0.29) is 6.04 Å². The van der Waals surface area contributed by atoms with Crippen LogP contribution >= 0.6 is 0 Å². The minimum atomic E-state index is -0.259. The molecule has 5 heteroatoms. The van der Waals surface area contributed by atoms with E-state index >= 15 is 0 Å². The zero-order valence-electron chi connectivity index (χ0n) is 10.1. The third-order valence-corrected chi connectivity index (χ3v) is 2.34. The van der Waals surface area contributed by atoms with E-state index in [1.54, 1.807) is 13.2 Å². The molecule has 0 spiro atoms. The van der Waals surface area contributed by atoms with Gasteiger partial charge in [-0.15, -0.1) is 0 Å². The van der Waals surface area contributed by atoms with Gasteiger partial charge in [0.2, 0.25) is 6.41 Å². The maximum atomic E-state index is 10.2. The van der Waals surface area contributed by atoms with E-state index in [1.165, 1.54) is 0 Å². The van der Waals surface area contributed by atoms with Crippen LogP contribution in [0.25, 0.3) is 0 Å². The van der Waals surface area contributed by atoms with E-state index in [4.69, 9.17) is 15.2 Å². The van der Waals surface area contributed by atoms with Gasteiger partial charge in [-0.05, 0) is 24.6 Å². The maximum absolute atomic E-state index is 10.2. The average Bonchev–Trinajstić information content (AvgIpc) is 2.36. The summed E-state index contributed by atoms with van der Waals surface area (Å²) in [5, 5.41) is 2.55. The van der Waals surface area contributed by atoms with Crippen LogP contribution in [-0.4, -0.2) is 26.7 Å². The molecular weight excluding hydrogens is 220 g/mol. The zero-order chi connectivity index (χ0) is 12.7. The first-order chi connectivity index (χ1) is 8.22. The second-order valence-corrected chi connectivity index (χ2v) is 3.48. The Bertz CT molecular complexity index is 369. The van der Waals surface area contributed by atoms with Crippen molar-refractivity contribution in [3.05, 3.63) is 23.8 Å². The first kappa shape index (κ1) is 13.3. The van der Waals surface area contributed by atoms with Gasteiger partial charge in [-0.25, -0.2) is 0 Å². The lowest BCUT2D eigenvalue weighted by molar-refractivity contribution is -0.109. The standard InChI is InChI=1S/C12H18N2O3/c1-3-17-12-6-9(4-5-11(12)16-2)10(13)7-14-8-15/h4-6,8,10H,3,7,13H2,1-2H3,(H,14,15). The number of benzene rings is 1. The Kier molecular flexibility index (Phi) is 5.29. The van der Waals surface area contributed by atoms with Crippen molar-refractivity contribution in [2.75, 3.05) is 20.3 Å². The van der Waals surface area contributed by atoms with Crippen molar-refractivity contribution in [3.63, 3.8) is 0 Å². The van der Waals surface area contributed by atoms with Crippen molar-refractivity contribution >= 4 is 6.41 Å². The van der Waals surface area contributed by atoms with Gasteiger partial charge in [0.15, 0.2) is 11.5 Å². The van der Waals surface area contributed by atoms with Gasteiger partial charge < -0.3 is 20.5 Å². The molecule has 3 N–H and O–H groups in total. The highest BCUT2D eigenvalue weighted by molar-refractivity contribution is 5.47. The van der Waals surface area contributed by atoms with Gasteiger partial charge in [0, 0.05) is 12.6 Å². The largest absolute Gasteiger partial charge is 0.493 e. The van der Waals surface area contributed by atoms with Crippen LogP contribution < -0.4 is 20.5 Å². The van der Waals surface area contributed by atoms with Crippen molar-refractivity contribution in [1.82, 2.24) is 5.32 Å². The van der Waals surface area contributed by atoms with Crippen LogP contribution in [0.15, 0.2) is 18.2 Å². The molecule has 0 saturated carbocycles. The zero-order valence-corrected chi connectivity index (χ0v) is 10.1. The number of amides is 1. The summed E-state index contributed by atoms with van der Waals surface area (Å²) in [6.45, 7) is 2.85. The Balaban J connectivity index is 2.86. The predicted octanol–water partition coefficient (Wildman–Crippen LogP) is 0.840. The molecule has 0 heterocycles. The fraction of sp³-hybridized carbons (Fsp3) is 0.417. The van der Waals surface area contributed by atoms with Crippen molar-refractivity contribution in [3.8, 4) is 11.5 Å². The number of rotatable bonds is 7. The molecule has 0 bridgehead atoms. The molecule has 0 aliphatic carbocycles. The van der Waals surface area contributed by atoms with Gasteiger partial charge >= 0.3 is 0 Å². The predicted molar refractivity (Wildman–Crippen MR) is 65.2 cm³/mol. The first-order valence-corrected chi connectivity index (χ1v) is 5.46. The number of carbonyl (C=O) groups excluding carboxylic acids is 1. The molecule has 1 unspecified atom stereocenters. The van der Waals surface area contributed by atoms with Crippen molar-refractivity contribution in [2.24, 2.45) is 5.73 Å². The fourth-order valence-corrected chi connectivity index (χ4v) is 1.49. The average molecular weight is 238 g/mol. The third-order valence-electron chi connectivity index (χ3n) is 2.34. The molecule has 0 aliphatic heterocycles. The molecule has 0 radical (unpaired) electrons. The second-order valence-electron chi connectivity index (χ2n) is 3.48. The SMILES string of the molecule is CCOc1cc(C(N)CNC=O)ccc1OC. The molecule has 0 fully saturated rings. The Hall–Kier alpha value is -1.75. The highest BCUT2D eigenvalue weighted by Gasteiger charge is 2.10. The summed E-state index contributed by atoms with van der Waals surface area (Å²) in [5.41, 5.74) is 6.81. The van der Waals surface area contributed by atoms with Crippen LogP contribution in [0.1, 0.15) is 18.5 Å². The number of hydrogen-bond acceptors (Lipinski definition) is 4. The quantitative estimate of drug-likeness (QED) is 0.690. The summed E-state index contributed by atoms with van der Waals surface area (Å²) in [5.74, 6) is 1.33. The summed E-state index contributed by atoms with van der Waals surface area (Å²) < 4.78 is 10.6. The monoisotopic (exact) mass is 238 g/mol. The highest BCUT2D eigenvalue weighted by Crippen LogP contribution is 2.29. The minimum Gasteiger partial charge on any atom is -0.493 e. The van der Waals surface area contributed by atoms with Gasteiger partial charge in [-0.1, -0.05) is 6.07 Å². The molecule has 1 aromatic carbocycles. The van der Waals surface area contributed by atoms with Crippen LogP contribution in [0.4, 0.5) is 0 Å². The molecule has 0 aliphatic rings. The summed E-state index contributed by atoms with van der Waals surface area (Å²) in [6.07, 6.45) is 0.632. The Labute approximate surface area is 101 Å². The molecule has 1 amide bonds. The lowest BCUT2D eigenvalue weighted by Gasteiger charge is -2.15. The molecule has 0 aromatic heterocycles. The smallest absolute Gasteiger partial charge is 0.207 e. The number of ether oxygens (including phenoxy) is 2. The van der Waals surface area contributed by atoms with Gasteiger partial charge in [-0.3, -0.25) is 4.79 Å². The van der Waals surface area contributed by atoms with E-state index < -0.39 is 0 Å². The fourth-order valence-electron chi connectivity index (χ4n) is 1.49. The molecule has 17 heavy (non-hydrogen) atoms. The highest BCUT2D eigenvalue weighted by atomic mass is 16.5. The summed E-state index contributed by atoms with van der Waals surface area (Å²) in [4.78, 5) is 10.2. The molecule has 5 nitrogen and oxygen atoms in total. The van der Waals surface area contributed by atoms with Crippen LogP contribution in [0.3, 0.4) is 0 Å². The van der Waals surface area contributed by atoms with Gasteiger partial charge in [0.25, 0.3) is 0 Å². The van der Waals surface area contributed by atoms with Crippen LogP contribution in [-0.2, 0) is 4.79 Å². The first-order valence-electron chi connectivity index (χ1n) is 5.46. The Morgan fingerprint density at radius 2 is 2.24 bits per heavy atom. The molecule has 1 rings (SSSR count). The van der Waals surface area contributed by atoms with E-state index in [2.05, 4.69) is 5.32 Å². The lowest BCUT2D eigenvalue weighted by Crippen LogP contribution is -2.25. The molecule has 1 aromatic rings. The second kappa shape index (κ2) is 6.75. The summed E-state index contributed by atoms with van der Waals surface area (Å²) in [7, 11) is 1.59. The van der Waals surface area contributed by atoms with E-state index in [0.29, 0.717) is 31.1 Å². The van der Waals surface area contributed by atoms with Crippen molar-refractivity contribution in [2.45, 2.75) is 13.0 Å². The normalized spacial score (nSPS) is 11.7. The topological polar surface area (TPSA) is 73.6 Å². The summed E-state index contributed by atoms with van der Waals surface area (Å²) in [6, 6.07) is 5.24. The van der Waals surface area contributed by atoms with Gasteiger partial charge in [0.05, 0.1) is 13.7 Å². The molecule has 94 valence electrons. The Morgan fingerprint density at radius 1 is 1.47 bits per heavy atom.